The first-order chi connectivity index (χ1) is 8.65. The third-order valence-corrected chi connectivity index (χ3v) is 3.84. The molecule has 2 N–H and O–H groups in total. The molecule has 0 aliphatic rings. The molecule has 1 amide bonds. The predicted octanol–water partition coefficient (Wildman–Crippen LogP) is 2.55. The number of thioether (sulfide) groups is 1. The summed E-state index contributed by atoms with van der Waals surface area (Å²) in [5.41, 5.74) is 2.07. The largest absolute Gasteiger partial charge is 0.396 e. The van der Waals surface area contributed by atoms with Crippen LogP contribution in [0.1, 0.15) is 19.4 Å². The van der Waals surface area contributed by atoms with Gasteiger partial charge in [-0.3, -0.25) is 4.79 Å². The molecule has 1 aromatic carbocycles. The van der Waals surface area contributed by atoms with Gasteiger partial charge in [-0.15, -0.1) is 0 Å². The fourth-order valence-electron chi connectivity index (χ4n) is 1.47. The van der Waals surface area contributed by atoms with Crippen molar-refractivity contribution in [2.75, 3.05) is 23.4 Å². The highest BCUT2D eigenvalue weighted by molar-refractivity contribution is 7.99. The quantitative estimate of drug-likeness (QED) is 0.798. The smallest absolute Gasteiger partial charge is 0.234 e. The Morgan fingerprint density at radius 1 is 1.50 bits per heavy atom. The monoisotopic (exact) mass is 267 g/mol. The Balaban J connectivity index is 2.35. The Kier molecular flexibility index (Phi) is 6.83. The Morgan fingerprint density at radius 3 is 2.94 bits per heavy atom. The lowest BCUT2D eigenvalue weighted by Gasteiger charge is -2.08. The molecule has 0 spiro atoms. The summed E-state index contributed by atoms with van der Waals surface area (Å²) >= 11 is 1.55. The van der Waals surface area contributed by atoms with E-state index in [4.69, 9.17) is 5.11 Å². The Bertz CT molecular complexity index is 382. The van der Waals surface area contributed by atoms with Gasteiger partial charge in [0.15, 0.2) is 0 Å². The summed E-state index contributed by atoms with van der Waals surface area (Å²) in [6.07, 6.45) is 0.965. The van der Waals surface area contributed by atoms with Gasteiger partial charge in [0.05, 0.1) is 5.75 Å². The molecule has 18 heavy (non-hydrogen) atoms. The number of amides is 1. The Morgan fingerprint density at radius 2 is 2.28 bits per heavy atom. The fraction of sp³-hybridized carbons (Fsp3) is 0.500. The van der Waals surface area contributed by atoms with Gasteiger partial charge in [-0.25, -0.2) is 0 Å². The third-order valence-electron chi connectivity index (χ3n) is 2.57. The van der Waals surface area contributed by atoms with E-state index in [2.05, 4.69) is 12.2 Å². The number of hydrogen-bond donors (Lipinski definition) is 2. The fourth-order valence-corrected chi connectivity index (χ4v) is 2.35. The zero-order chi connectivity index (χ0) is 13.4. The number of nitrogens with one attached hydrogen (secondary N) is 1. The summed E-state index contributed by atoms with van der Waals surface area (Å²) in [7, 11) is 0. The average molecular weight is 267 g/mol. The van der Waals surface area contributed by atoms with Crippen LogP contribution in [0.2, 0.25) is 0 Å². The van der Waals surface area contributed by atoms with Crippen LogP contribution in [0.25, 0.3) is 0 Å². The van der Waals surface area contributed by atoms with E-state index in [1.807, 2.05) is 31.2 Å². The van der Waals surface area contributed by atoms with Crippen molar-refractivity contribution in [2.24, 2.45) is 5.92 Å². The first kappa shape index (κ1) is 15.1. The predicted molar refractivity (Wildman–Crippen MR) is 78.0 cm³/mol. The minimum absolute atomic E-state index is 0.0124. The van der Waals surface area contributed by atoms with Crippen molar-refractivity contribution in [3.8, 4) is 0 Å². The Labute approximate surface area is 113 Å². The summed E-state index contributed by atoms with van der Waals surface area (Å²) in [5.74, 6) is 1.49. The molecule has 1 unspecified atom stereocenters. The lowest BCUT2D eigenvalue weighted by atomic mass is 10.1. The van der Waals surface area contributed by atoms with Crippen molar-refractivity contribution >= 4 is 23.4 Å². The molecule has 0 aliphatic carbocycles. The van der Waals surface area contributed by atoms with Crippen molar-refractivity contribution < 1.29 is 9.90 Å². The van der Waals surface area contributed by atoms with E-state index in [9.17, 15) is 4.79 Å². The van der Waals surface area contributed by atoms with Crippen LogP contribution in [0.3, 0.4) is 0 Å². The maximum absolute atomic E-state index is 11.7. The first-order valence-electron chi connectivity index (χ1n) is 6.23. The summed E-state index contributed by atoms with van der Waals surface area (Å²) in [4.78, 5) is 11.7. The number of benzene rings is 1. The number of aliphatic hydroxyl groups is 1. The van der Waals surface area contributed by atoms with Crippen LogP contribution in [0.15, 0.2) is 24.3 Å². The molecule has 0 heterocycles. The SMILES string of the molecule is CCc1cccc(NC(=O)CSCC(C)CO)c1. The second kappa shape index (κ2) is 8.16. The summed E-state index contributed by atoms with van der Waals surface area (Å²) in [5, 5.41) is 11.8. The molecular formula is C14H21NO2S. The summed E-state index contributed by atoms with van der Waals surface area (Å²) in [6, 6.07) is 7.90. The maximum Gasteiger partial charge on any atom is 0.234 e. The molecule has 3 nitrogen and oxygen atoms in total. The van der Waals surface area contributed by atoms with E-state index < -0.39 is 0 Å². The van der Waals surface area contributed by atoms with Crippen LogP contribution in [-0.4, -0.2) is 29.1 Å². The van der Waals surface area contributed by atoms with Gasteiger partial charge in [-0.05, 0) is 35.8 Å². The van der Waals surface area contributed by atoms with Crippen LogP contribution < -0.4 is 5.32 Å². The van der Waals surface area contributed by atoms with Crippen molar-refractivity contribution in [2.45, 2.75) is 20.3 Å². The summed E-state index contributed by atoms with van der Waals surface area (Å²) in [6.45, 7) is 4.23. The summed E-state index contributed by atoms with van der Waals surface area (Å²) < 4.78 is 0. The molecule has 0 aromatic heterocycles. The van der Waals surface area contributed by atoms with Crippen LogP contribution in [0, 0.1) is 5.92 Å². The van der Waals surface area contributed by atoms with Crippen molar-refractivity contribution in [1.82, 2.24) is 0 Å². The number of carbonyl (C=O) groups excluding carboxylic acids is 1. The van der Waals surface area contributed by atoms with E-state index >= 15 is 0 Å². The van der Waals surface area contributed by atoms with Crippen molar-refractivity contribution in [3.63, 3.8) is 0 Å². The molecule has 1 rings (SSSR count). The number of rotatable bonds is 7. The van der Waals surface area contributed by atoms with Crippen LogP contribution >= 0.6 is 11.8 Å². The minimum Gasteiger partial charge on any atom is -0.396 e. The van der Waals surface area contributed by atoms with Gasteiger partial charge in [0.1, 0.15) is 0 Å². The van der Waals surface area contributed by atoms with E-state index in [0.717, 1.165) is 17.9 Å². The lowest BCUT2D eigenvalue weighted by molar-refractivity contribution is -0.113. The maximum atomic E-state index is 11.7. The molecule has 0 bridgehead atoms. The molecule has 100 valence electrons. The highest BCUT2D eigenvalue weighted by Gasteiger charge is 2.05. The van der Waals surface area contributed by atoms with Crippen LogP contribution in [0.4, 0.5) is 5.69 Å². The van der Waals surface area contributed by atoms with Crippen molar-refractivity contribution in [3.05, 3.63) is 29.8 Å². The van der Waals surface area contributed by atoms with Crippen molar-refractivity contribution in [1.29, 1.82) is 0 Å². The van der Waals surface area contributed by atoms with E-state index in [1.165, 1.54) is 5.56 Å². The standard InChI is InChI=1S/C14H21NO2S/c1-3-12-5-4-6-13(7-12)15-14(17)10-18-9-11(2)8-16/h4-7,11,16H,3,8-10H2,1-2H3,(H,15,17). The van der Waals surface area contributed by atoms with E-state index in [0.29, 0.717) is 5.75 Å². The van der Waals surface area contributed by atoms with Gasteiger partial charge in [0, 0.05) is 12.3 Å². The molecule has 0 radical (unpaired) electrons. The highest BCUT2D eigenvalue weighted by Crippen LogP contribution is 2.13. The molecule has 0 fully saturated rings. The van der Waals surface area contributed by atoms with Gasteiger partial charge in [-0.2, -0.15) is 11.8 Å². The first-order valence-corrected chi connectivity index (χ1v) is 7.38. The average Bonchev–Trinajstić information content (AvgIpc) is 2.38. The molecule has 4 heteroatoms. The highest BCUT2D eigenvalue weighted by atomic mass is 32.2. The zero-order valence-electron chi connectivity index (χ0n) is 11.0. The topological polar surface area (TPSA) is 49.3 Å². The van der Waals surface area contributed by atoms with Crippen LogP contribution in [-0.2, 0) is 11.2 Å². The second-order valence-electron chi connectivity index (χ2n) is 4.40. The number of carbonyl (C=O) groups is 1. The van der Waals surface area contributed by atoms with Gasteiger partial charge in [0.2, 0.25) is 5.91 Å². The third kappa shape index (κ3) is 5.56. The molecule has 1 aromatic rings. The lowest BCUT2D eigenvalue weighted by Crippen LogP contribution is -2.15. The zero-order valence-corrected chi connectivity index (χ0v) is 11.8. The van der Waals surface area contributed by atoms with Gasteiger partial charge in [-0.1, -0.05) is 26.0 Å². The van der Waals surface area contributed by atoms with E-state index in [-0.39, 0.29) is 18.4 Å². The number of hydrogen-bond acceptors (Lipinski definition) is 3. The van der Waals surface area contributed by atoms with Crippen LogP contribution in [0.5, 0.6) is 0 Å². The molecular weight excluding hydrogens is 246 g/mol. The number of anilines is 1. The Hall–Kier alpha value is -1.00. The number of aryl methyl sites for hydroxylation is 1. The molecule has 0 saturated heterocycles. The van der Waals surface area contributed by atoms with Gasteiger partial charge in [0.25, 0.3) is 0 Å². The van der Waals surface area contributed by atoms with E-state index in [1.54, 1.807) is 11.8 Å². The number of aliphatic hydroxyl groups excluding tert-OH is 1. The molecule has 0 aliphatic heterocycles. The second-order valence-corrected chi connectivity index (χ2v) is 5.44. The van der Waals surface area contributed by atoms with Gasteiger partial charge < -0.3 is 10.4 Å². The minimum atomic E-state index is 0.0124. The molecule has 0 saturated carbocycles. The van der Waals surface area contributed by atoms with Gasteiger partial charge >= 0.3 is 0 Å². The molecule has 1 atom stereocenters. The normalized spacial score (nSPS) is 12.2.